The summed E-state index contributed by atoms with van der Waals surface area (Å²) in [6, 6.07) is 6.70. The lowest BCUT2D eigenvalue weighted by atomic mass is 10.1. The maximum Gasteiger partial charge on any atom is 0.159 e. The second-order valence-electron chi connectivity index (χ2n) is 3.96. The normalized spacial score (nSPS) is 12.4. The van der Waals surface area contributed by atoms with Gasteiger partial charge in [-0.15, -0.1) is 0 Å². The molecule has 17 heavy (non-hydrogen) atoms. The van der Waals surface area contributed by atoms with Gasteiger partial charge in [-0.1, -0.05) is 0 Å². The summed E-state index contributed by atoms with van der Waals surface area (Å²) in [6.45, 7) is 3.53. The number of rotatable bonds is 2. The Morgan fingerprint density at radius 1 is 1.18 bits per heavy atom. The molecule has 1 aromatic heterocycles. The zero-order valence-corrected chi connectivity index (χ0v) is 9.75. The Balaban J connectivity index is 2.41. The average Bonchev–Trinajstić information content (AvgIpc) is 2.29. The van der Waals surface area contributed by atoms with E-state index < -0.39 is 6.10 Å². The molecule has 88 valence electrons. The number of aromatic nitrogens is 2. The zero-order valence-electron chi connectivity index (χ0n) is 9.75. The lowest BCUT2D eigenvalue weighted by Gasteiger charge is -2.09. The molecule has 4 nitrogen and oxygen atoms in total. The first-order valence-corrected chi connectivity index (χ1v) is 5.39. The van der Waals surface area contributed by atoms with E-state index in [1.54, 1.807) is 37.4 Å². The molecule has 0 aliphatic carbocycles. The highest BCUT2D eigenvalue weighted by atomic mass is 16.3. The van der Waals surface area contributed by atoms with E-state index in [2.05, 4.69) is 9.97 Å². The van der Waals surface area contributed by atoms with Crippen LogP contribution in [0.15, 0.2) is 30.5 Å². The Hall–Kier alpha value is -1.94. The molecule has 0 radical (unpaired) electrons. The summed E-state index contributed by atoms with van der Waals surface area (Å²) in [5.41, 5.74) is 2.33. The van der Waals surface area contributed by atoms with E-state index in [4.69, 9.17) is 0 Å². The number of hydrogen-bond acceptors (Lipinski definition) is 4. The van der Waals surface area contributed by atoms with Crippen molar-refractivity contribution < 1.29 is 10.2 Å². The van der Waals surface area contributed by atoms with Crippen LogP contribution in [0.1, 0.15) is 24.3 Å². The quantitative estimate of drug-likeness (QED) is 0.830. The highest BCUT2D eigenvalue weighted by Crippen LogP contribution is 2.21. The summed E-state index contributed by atoms with van der Waals surface area (Å²) < 4.78 is 0. The fourth-order valence-corrected chi connectivity index (χ4v) is 1.64. The molecule has 1 aromatic carbocycles. The van der Waals surface area contributed by atoms with Crippen LogP contribution in [0.2, 0.25) is 0 Å². The van der Waals surface area contributed by atoms with Crippen molar-refractivity contribution >= 4 is 0 Å². The van der Waals surface area contributed by atoms with Crippen LogP contribution in [0.3, 0.4) is 0 Å². The van der Waals surface area contributed by atoms with Crippen molar-refractivity contribution in [3.63, 3.8) is 0 Å². The second-order valence-corrected chi connectivity index (χ2v) is 3.96. The van der Waals surface area contributed by atoms with E-state index in [0.29, 0.717) is 5.82 Å². The standard InChI is InChI=1S/C13H14N2O2/c1-8-12(9(2)16)7-14-13(15-8)10-3-5-11(17)6-4-10/h3-7,9,16-17H,1-2H3/t9-/m1/s1. The third-order valence-electron chi connectivity index (χ3n) is 2.59. The number of aromatic hydroxyl groups is 1. The Labute approximate surface area is 99.6 Å². The lowest BCUT2D eigenvalue weighted by Crippen LogP contribution is -2.01. The molecule has 0 aliphatic heterocycles. The number of phenolic OH excluding ortho intramolecular Hbond substituents is 1. The van der Waals surface area contributed by atoms with Crippen molar-refractivity contribution in [1.82, 2.24) is 9.97 Å². The van der Waals surface area contributed by atoms with E-state index in [1.807, 2.05) is 6.92 Å². The third-order valence-corrected chi connectivity index (χ3v) is 2.59. The van der Waals surface area contributed by atoms with Crippen LogP contribution in [0, 0.1) is 6.92 Å². The Morgan fingerprint density at radius 3 is 2.35 bits per heavy atom. The van der Waals surface area contributed by atoms with E-state index in [0.717, 1.165) is 16.8 Å². The van der Waals surface area contributed by atoms with Crippen molar-refractivity contribution in [3.8, 4) is 17.1 Å². The minimum Gasteiger partial charge on any atom is -0.508 e. The van der Waals surface area contributed by atoms with Crippen molar-refractivity contribution in [2.24, 2.45) is 0 Å². The molecular weight excluding hydrogens is 216 g/mol. The number of phenols is 1. The van der Waals surface area contributed by atoms with Gasteiger partial charge >= 0.3 is 0 Å². The number of benzene rings is 1. The third kappa shape index (κ3) is 2.42. The largest absolute Gasteiger partial charge is 0.508 e. The fourth-order valence-electron chi connectivity index (χ4n) is 1.64. The summed E-state index contributed by atoms with van der Waals surface area (Å²) >= 11 is 0. The van der Waals surface area contributed by atoms with Gasteiger partial charge in [0.1, 0.15) is 5.75 Å². The summed E-state index contributed by atoms with van der Waals surface area (Å²) in [5, 5.41) is 18.7. The van der Waals surface area contributed by atoms with Gasteiger partial charge in [0, 0.05) is 23.0 Å². The fraction of sp³-hybridized carbons (Fsp3) is 0.231. The molecule has 0 saturated carbocycles. The summed E-state index contributed by atoms with van der Waals surface area (Å²) in [6.07, 6.45) is 1.07. The minimum atomic E-state index is -0.566. The lowest BCUT2D eigenvalue weighted by molar-refractivity contribution is 0.197. The molecule has 2 N–H and O–H groups in total. The molecule has 1 heterocycles. The van der Waals surface area contributed by atoms with Gasteiger partial charge in [-0.3, -0.25) is 0 Å². The molecule has 0 aliphatic rings. The number of nitrogens with zero attached hydrogens (tertiary/aromatic N) is 2. The van der Waals surface area contributed by atoms with E-state index in [9.17, 15) is 10.2 Å². The first-order chi connectivity index (χ1) is 8.08. The van der Waals surface area contributed by atoms with E-state index in [1.165, 1.54) is 0 Å². The second kappa shape index (κ2) is 4.51. The average molecular weight is 230 g/mol. The van der Waals surface area contributed by atoms with Gasteiger partial charge in [-0.25, -0.2) is 9.97 Å². The predicted octanol–water partition coefficient (Wildman–Crippen LogP) is 2.21. The summed E-state index contributed by atoms with van der Waals surface area (Å²) in [4.78, 5) is 8.55. The van der Waals surface area contributed by atoms with E-state index >= 15 is 0 Å². The van der Waals surface area contributed by atoms with Crippen LogP contribution >= 0.6 is 0 Å². The minimum absolute atomic E-state index is 0.214. The van der Waals surface area contributed by atoms with Crippen molar-refractivity contribution in [1.29, 1.82) is 0 Å². The SMILES string of the molecule is Cc1nc(-c2ccc(O)cc2)ncc1[C@@H](C)O. The molecule has 1 atom stereocenters. The topological polar surface area (TPSA) is 66.2 Å². The van der Waals surface area contributed by atoms with Crippen LogP contribution in [-0.4, -0.2) is 20.2 Å². The predicted molar refractivity (Wildman–Crippen MR) is 64.5 cm³/mol. The van der Waals surface area contributed by atoms with Gasteiger partial charge in [0.2, 0.25) is 0 Å². The van der Waals surface area contributed by atoms with Crippen LogP contribution < -0.4 is 0 Å². The van der Waals surface area contributed by atoms with Gasteiger partial charge in [-0.2, -0.15) is 0 Å². The number of aryl methyl sites for hydroxylation is 1. The molecule has 0 spiro atoms. The number of aliphatic hydroxyl groups excluding tert-OH is 1. The van der Waals surface area contributed by atoms with Crippen molar-refractivity contribution in [2.45, 2.75) is 20.0 Å². The van der Waals surface area contributed by atoms with Crippen molar-refractivity contribution in [2.75, 3.05) is 0 Å². The van der Waals surface area contributed by atoms with Crippen LogP contribution in [-0.2, 0) is 0 Å². The zero-order chi connectivity index (χ0) is 12.4. The summed E-state index contributed by atoms with van der Waals surface area (Å²) in [7, 11) is 0. The maximum absolute atomic E-state index is 9.49. The van der Waals surface area contributed by atoms with Gasteiger partial charge in [0.15, 0.2) is 5.82 Å². The number of hydrogen-bond donors (Lipinski definition) is 2. The van der Waals surface area contributed by atoms with E-state index in [-0.39, 0.29) is 5.75 Å². The van der Waals surface area contributed by atoms with Crippen molar-refractivity contribution in [3.05, 3.63) is 41.7 Å². The summed E-state index contributed by atoms with van der Waals surface area (Å²) in [5.74, 6) is 0.804. The Bertz CT molecular complexity index is 521. The molecule has 0 unspecified atom stereocenters. The molecule has 0 amide bonds. The Kier molecular flexibility index (Phi) is 3.06. The molecule has 2 aromatic rings. The Morgan fingerprint density at radius 2 is 1.82 bits per heavy atom. The molecule has 0 saturated heterocycles. The van der Waals surface area contributed by atoms with Gasteiger partial charge in [-0.05, 0) is 38.1 Å². The molecule has 2 rings (SSSR count). The first kappa shape index (κ1) is 11.5. The molecule has 0 fully saturated rings. The first-order valence-electron chi connectivity index (χ1n) is 5.39. The smallest absolute Gasteiger partial charge is 0.159 e. The van der Waals surface area contributed by atoms with Gasteiger partial charge in [0.25, 0.3) is 0 Å². The highest BCUT2D eigenvalue weighted by Gasteiger charge is 2.09. The van der Waals surface area contributed by atoms with Crippen LogP contribution in [0.25, 0.3) is 11.4 Å². The monoisotopic (exact) mass is 230 g/mol. The van der Waals surface area contributed by atoms with Crippen LogP contribution in [0.5, 0.6) is 5.75 Å². The number of aliphatic hydroxyl groups is 1. The molecule has 0 bridgehead atoms. The molecule has 4 heteroatoms. The van der Waals surface area contributed by atoms with Gasteiger partial charge < -0.3 is 10.2 Å². The van der Waals surface area contributed by atoms with Gasteiger partial charge in [0.05, 0.1) is 6.10 Å². The maximum atomic E-state index is 9.49. The van der Waals surface area contributed by atoms with Crippen LogP contribution in [0.4, 0.5) is 0 Å². The molecular formula is C13H14N2O2. The highest BCUT2D eigenvalue weighted by molar-refractivity contribution is 5.56.